The highest BCUT2D eigenvalue weighted by Crippen LogP contribution is 2.22. The number of amides is 1. The van der Waals surface area contributed by atoms with Crippen LogP contribution in [0.5, 0.6) is 5.75 Å². The summed E-state index contributed by atoms with van der Waals surface area (Å²) in [6.45, 7) is 0. The van der Waals surface area contributed by atoms with Crippen molar-refractivity contribution in [3.63, 3.8) is 0 Å². The van der Waals surface area contributed by atoms with Gasteiger partial charge in [0.1, 0.15) is 5.75 Å². The SMILES string of the molecule is O=C(Nc1cnc(-c2cccc(O)c2)nc1)c1cccc(S(=O)(=O)NC2CCCC2)c1. The smallest absolute Gasteiger partial charge is 0.255 e. The minimum Gasteiger partial charge on any atom is -0.508 e. The van der Waals surface area contributed by atoms with E-state index in [9.17, 15) is 18.3 Å². The minimum absolute atomic E-state index is 0.0512. The van der Waals surface area contributed by atoms with Gasteiger partial charge >= 0.3 is 0 Å². The van der Waals surface area contributed by atoms with Crippen LogP contribution in [0.3, 0.4) is 0 Å². The number of rotatable bonds is 6. The normalized spacial score (nSPS) is 14.5. The standard InChI is InChI=1S/C22H22N4O4S/c27-19-9-3-5-15(11-19)21-23-13-18(14-24-21)25-22(28)16-6-4-10-20(12-16)31(29,30)26-17-7-1-2-8-17/h3-6,9-14,17,26-27H,1-2,7-8H2,(H,25,28). The first-order valence-electron chi connectivity index (χ1n) is 9.96. The van der Waals surface area contributed by atoms with Crippen LogP contribution in [0.2, 0.25) is 0 Å². The van der Waals surface area contributed by atoms with Crippen LogP contribution in [0, 0.1) is 0 Å². The summed E-state index contributed by atoms with van der Waals surface area (Å²) in [5.74, 6) is 0.0438. The molecule has 1 aromatic heterocycles. The Kier molecular flexibility index (Phi) is 5.97. The Bertz CT molecular complexity index is 1190. The summed E-state index contributed by atoms with van der Waals surface area (Å²) in [6, 6.07) is 12.4. The molecule has 1 saturated carbocycles. The van der Waals surface area contributed by atoms with Crippen molar-refractivity contribution >= 4 is 21.6 Å². The van der Waals surface area contributed by atoms with Gasteiger partial charge < -0.3 is 10.4 Å². The van der Waals surface area contributed by atoms with Crippen molar-refractivity contribution in [3.8, 4) is 17.1 Å². The van der Waals surface area contributed by atoms with Crippen molar-refractivity contribution in [3.05, 3.63) is 66.5 Å². The largest absolute Gasteiger partial charge is 0.508 e. The first kappa shape index (κ1) is 21.0. The Hall–Kier alpha value is -3.30. The van der Waals surface area contributed by atoms with E-state index in [4.69, 9.17) is 0 Å². The molecule has 3 N–H and O–H groups in total. The molecule has 0 atom stereocenters. The molecule has 8 nitrogen and oxygen atoms in total. The molecule has 1 aliphatic rings. The maximum Gasteiger partial charge on any atom is 0.255 e. The molecule has 1 fully saturated rings. The summed E-state index contributed by atoms with van der Waals surface area (Å²) in [4.78, 5) is 21.1. The van der Waals surface area contributed by atoms with Crippen molar-refractivity contribution in [2.75, 3.05) is 5.32 Å². The van der Waals surface area contributed by atoms with Crippen molar-refractivity contribution in [2.45, 2.75) is 36.6 Å². The lowest BCUT2D eigenvalue weighted by Gasteiger charge is -2.13. The zero-order valence-corrected chi connectivity index (χ0v) is 17.5. The molecule has 0 radical (unpaired) electrons. The van der Waals surface area contributed by atoms with Crippen LogP contribution in [0.1, 0.15) is 36.0 Å². The van der Waals surface area contributed by atoms with Crippen LogP contribution in [0.15, 0.2) is 65.8 Å². The first-order chi connectivity index (χ1) is 14.9. The number of anilines is 1. The van der Waals surface area contributed by atoms with Crippen LogP contribution in [-0.2, 0) is 10.0 Å². The van der Waals surface area contributed by atoms with Crippen LogP contribution in [0.4, 0.5) is 5.69 Å². The van der Waals surface area contributed by atoms with E-state index in [2.05, 4.69) is 20.0 Å². The van der Waals surface area contributed by atoms with Gasteiger partial charge in [-0.3, -0.25) is 4.79 Å². The molecule has 2 aromatic carbocycles. The molecule has 0 spiro atoms. The van der Waals surface area contributed by atoms with E-state index in [-0.39, 0.29) is 22.3 Å². The van der Waals surface area contributed by atoms with E-state index in [0.717, 1.165) is 25.7 Å². The Morgan fingerprint density at radius 3 is 2.42 bits per heavy atom. The molecular weight excluding hydrogens is 416 g/mol. The summed E-state index contributed by atoms with van der Waals surface area (Å²) in [7, 11) is -3.69. The zero-order valence-electron chi connectivity index (χ0n) is 16.7. The van der Waals surface area contributed by atoms with E-state index in [1.807, 2.05) is 0 Å². The average molecular weight is 439 g/mol. The summed E-state index contributed by atoms with van der Waals surface area (Å²) in [5.41, 5.74) is 1.23. The van der Waals surface area contributed by atoms with E-state index >= 15 is 0 Å². The Labute approximate surface area is 180 Å². The number of carbonyl (C=O) groups excluding carboxylic acids is 1. The molecule has 0 bridgehead atoms. The number of phenolic OH excluding ortho intramolecular Hbond substituents is 1. The molecule has 1 amide bonds. The third kappa shape index (κ3) is 5.07. The van der Waals surface area contributed by atoms with Gasteiger partial charge in [-0.1, -0.05) is 31.0 Å². The highest BCUT2D eigenvalue weighted by Gasteiger charge is 2.23. The molecule has 160 valence electrons. The monoisotopic (exact) mass is 438 g/mol. The Morgan fingerprint density at radius 2 is 1.71 bits per heavy atom. The van der Waals surface area contributed by atoms with E-state index in [1.165, 1.54) is 24.5 Å². The number of aromatic nitrogens is 2. The fraction of sp³-hybridized carbons (Fsp3) is 0.227. The second-order valence-corrected chi connectivity index (χ2v) is 9.14. The van der Waals surface area contributed by atoms with Crippen molar-refractivity contribution in [1.82, 2.24) is 14.7 Å². The molecule has 4 rings (SSSR count). The first-order valence-corrected chi connectivity index (χ1v) is 11.4. The van der Waals surface area contributed by atoms with Crippen molar-refractivity contribution < 1.29 is 18.3 Å². The van der Waals surface area contributed by atoms with Crippen LogP contribution < -0.4 is 10.0 Å². The minimum atomic E-state index is -3.69. The van der Waals surface area contributed by atoms with Gasteiger partial charge in [-0.15, -0.1) is 0 Å². The van der Waals surface area contributed by atoms with Gasteiger partial charge in [0.15, 0.2) is 5.82 Å². The zero-order chi connectivity index (χ0) is 21.8. The van der Waals surface area contributed by atoms with Gasteiger partial charge in [0, 0.05) is 17.2 Å². The van der Waals surface area contributed by atoms with Gasteiger partial charge in [0.25, 0.3) is 5.91 Å². The number of hydrogen-bond acceptors (Lipinski definition) is 6. The second kappa shape index (κ2) is 8.83. The number of hydrogen-bond donors (Lipinski definition) is 3. The van der Waals surface area contributed by atoms with Crippen LogP contribution >= 0.6 is 0 Å². The highest BCUT2D eigenvalue weighted by atomic mass is 32.2. The molecule has 1 aliphatic carbocycles. The lowest BCUT2D eigenvalue weighted by molar-refractivity contribution is 0.102. The fourth-order valence-corrected chi connectivity index (χ4v) is 4.88. The number of carbonyl (C=O) groups is 1. The van der Waals surface area contributed by atoms with Gasteiger partial charge in [-0.2, -0.15) is 0 Å². The summed E-state index contributed by atoms with van der Waals surface area (Å²) >= 11 is 0. The second-order valence-electron chi connectivity index (χ2n) is 7.43. The number of phenols is 1. The number of aromatic hydroxyl groups is 1. The lowest BCUT2D eigenvalue weighted by atomic mass is 10.2. The maximum atomic E-state index is 12.6. The third-order valence-electron chi connectivity index (χ3n) is 5.10. The molecule has 0 saturated heterocycles. The van der Waals surface area contributed by atoms with Crippen LogP contribution in [-0.4, -0.2) is 35.4 Å². The Morgan fingerprint density at radius 1 is 1.00 bits per heavy atom. The highest BCUT2D eigenvalue weighted by molar-refractivity contribution is 7.89. The summed E-state index contributed by atoms with van der Waals surface area (Å²) in [5, 5.41) is 12.2. The summed E-state index contributed by atoms with van der Waals surface area (Å²) in [6.07, 6.45) is 6.60. The summed E-state index contributed by atoms with van der Waals surface area (Å²) < 4.78 is 28.0. The molecule has 1 heterocycles. The average Bonchev–Trinajstić information content (AvgIpc) is 3.27. The predicted molar refractivity (Wildman–Crippen MR) is 116 cm³/mol. The molecule has 0 aliphatic heterocycles. The van der Waals surface area contributed by atoms with Gasteiger partial charge in [-0.25, -0.2) is 23.1 Å². The molecule has 9 heteroatoms. The van der Waals surface area contributed by atoms with E-state index in [1.54, 1.807) is 36.4 Å². The third-order valence-corrected chi connectivity index (χ3v) is 6.62. The van der Waals surface area contributed by atoms with E-state index < -0.39 is 15.9 Å². The van der Waals surface area contributed by atoms with Crippen LogP contribution in [0.25, 0.3) is 11.4 Å². The molecular formula is C22H22N4O4S. The lowest BCUT2D eigenvalue weighted by Crippen LogP contribution is -2.32. The van der Waals surface area contributed by atoms with Crippen molar-refractivity contribution in [2.24, 2.45) is 0 Å². The molecule has 3 aromatic rings. The molecule has 0 unspecified atom stereocenters. The topological polar surface area (TPSA) is 121 Å². The number of benzene rings is 2. The Balaban J connectivity index is 1.47. The maximum absolute atomic E-state index is 12.6. The molecule has 31 heavy (non-hydrogen) atoms. The van der Waals surface area contributed by atoms with Crippen molar-refractivity contribution in [1.29, 1.82) is 0 Å². The predicted octanol–water partition coefficient (Wildman–Crippen LogP) is 3.32. The van der Waals surface area contributed by atoms with Gasteiger partial charge in [0.05, 0.1) is 23.0 Å². The fourth-order valence-electron chi connectivity index (χ4n) is 3.53. The number of nitrogens with zero attached hydrogens (tertiary/aromatic N) is 2. The van der Waals surface area contributed by atoms with E-state index in [0.29, 0.717) is 17.1 Å². The number of nitrogens with one attached hydrogen (secondary N) is 2. The quantitative estimate of drug-likeness (QED) is 0.543. The van der Waals surface area contributed by atoms with Gasteiger partial charge in [-0.05, 0) is 43.2 Å². The number of sulfonamides is 1. The van der Waals surface area contributed by atoms with Gasteiger partial charge in [0.2, 0.25) is 10.0 Å².